The van der Waals surface area contributed by atoms with Crippen molar-refractivity contribution >= 4 is 15.9 Å². The fourth-order valence-electron chi connectivity index (χ4n) is 2.10. The molecular weight excluding hydrogens is 300 g/mol. The zero-order valence-electron chi connectivity index (χ0n) is 12.8. The molecule has 0 bridgehead atoms. The minimum absolute atomic E-state index is 0.273. The van der Waals surface area contributed by atoms with Gasteiger partial charge in [0, 0.05) is 22.6 Å². The van der Waals surface area contributed by atoms with Gasteiger partial charge in [0.05, 0.1) is 0 Å². The summed E-state index contributed by atoms with van der Waals surface area (Å²) in [6.45, 7) is 7.96. The zero-order chi connectivity index (χ0) is 14.5. The molecule has 1 unspecified atom stereocenters. The van der Waals surface area contributed by atoms with Crippen LogP contribution in [0.3, 0.4) is 0 Å². The van der Waals surface area contributed by atoms with Crippen LogP contribution in [-0.4, -0.2) is 31.1 Å². The van der Waals surface area contributed by atoms with Gasteiger partial charge in [-0.05, 0) is 58.5 Å². The summed E-state index contributed by atoms with van der Waals surface area (Å²) in [5.74, 6) is 0. The second kappa shape index (κ2) is 7.41. The molecule has 0 aliphatic rings. The maximum atomic E-state index is 3.54. The summed E-state index contributed by atoms with van der Waals surface area (Å²) in [6, 6.07) is 8.97. The Labute approximate surface area is 126 Å². The van der Waals surface area contributed by atoms with E-state index >= 15 is 0 Å². The summed E-state index contributed by atoms with van der Waals surface area (Å²) < 4.78 is 1.15. The third kappa shape index (κ3) is 4.90. The summed E-state index contributed by atoms with van der Waals surface area (Å²) in [7, 11) is 4.26. The van der Waals surface area contributed by atoms with Gasteiger partial charge in [-0.2, -0.15) is 0 Å². The van der Waals surface area contributed by atoms with Crippen molar-refractivity contribution in [1.82, 2.24) is 10.2 Å². The molecule has 0 aliphatic heterocycles. The Morgan fingerprint density at radius 2 is 2.05 bits per heavy atom. The van der Waals surface area contributed by atoms with Crippen molar-refractivity contribution in [2.75, 3.05) is 20.6 Å². The van der Waals surface area contributed by atoms with Gasteiger partial charge < -0.3 is 10.2 Å². The van der Waals surface area contributed by atoms with Crippen LogP contribution in [0.25, 0.3) is 0 Å². The van der Waals surface area contributed by atoms with Gasteiger partial charge in [-0.15, -0.1) is 0 Å². The Kier molecular flexibility index (Phi) is 6.51. The minimum atomic E-state index is 0.273. The average molecular weight is 327 g/mol. The highest BCUT2D eigenvalue weighted by Gasteiger charge is 2.21. The van der Waals surface area contributed by atoms with Gasteiger partial charge in [0.15, 0.2) is 0 Å². The number of rotatable bonds is 7. The van der Waals surface area contributed by atoms with Gasteiger partial charge in [-0.3, -0.25) is 0 Å². The van der Waals surface area contributed by atoms with Gasteiger partial charge >= 0.3 is 0 Å². The Balaban J connectivity index is 2.64. The van der Waals surface area contributed by atoms with Crippen molar-refractivity contribution in [3.05, 3.63) is 34.3 Å². The van der Waals surface area contributed by atoms with Crippen molar-refractivity contribution in [2.24, 2.45) is 0 Å². The molecule has 1 N–H and O–H groups in total. The van der Waals surface area contributed by atoms with Crippen molar-refractivity contribution in [3.8, 4) is 0 Å². The Morgan fingerprint density at radius 3 is 2.58 bits per heavy atom. The van der Waals surface area contributed by atoms with Crippen molar-refractivity contribution in [3.63, 3.8) is 0 Å². The maximum Gasteiger partial charge on any atom is 0.0330 e. The molecule has 0 fully saturated rings. The predicted octanol–water partition coefficient (Wildman–Crippen LogP) is 4.22. The van der Waals surface area contributed by atoms with Gasteiger partial charge in [0.25, 0.3) is 0 Å². The zero-order valence-corrected chi connectivity index (χ0v) is 14.4. The number of benzene rings is 1. The van der Waals surface area contributed by atoms with Crippen LogP contribution in [0, 0.1) is 0 Å². The second-order valence-electron chi connectivity index (χ2n) is 5.77. The highest BCUT2D eigenvalue weighted by atomic mass is 79.9. The van der Waals surface area contributed by atoms with Gasteiger partial charge in [0.2, 0.25) is 0 Å². The van der Waals surface area contributed by atoms with Gasteiger partial charge in [0.1, 0.15) is 0 Å². The lowest BCUT2D eigenvalue weighted by atomic mass is 9.98. The molecule has 0 amide bonds. The van der Waals surface area contributed by atoms with Crippen LogP contribution in [0.5, 0.6) is 0 Å². The largest absolute Gasteiger partial charge is 0.313 e. The third-order valence-electron chi connectivity index (χ3n) is 4.25. The van der Waals surface area contributed by atoms with E-state index in [1.807, 2.05) is 7.05 Å². The molecule has 2 nitrogen and oxygen atoms in total. The first kappa shape index (κ1) is 16.7. The summed E-state index contributed by atoms with van der Waals surface area (Å²) in [5.41, 5.74) is 1.62. The standard InChI is InChI=1S/C16H27BrN2/c1-6-16(2,3)19(5)11-10-15(18-4)13-8-7-9-14(17)12-13/h7-9,12,15,18H,6,10-11H2,1-5H3. The van der Waals surface area contributed by atoms with Crippen LogP contribution in [0.1, 0.15) is 45.2 Å². The highest BCUT2D eigenvalue weighted by Crippen LogP contribution is 2.23. The predicted molar refractivity (Wildman–Crippen MR) is 87.6 cm³/mol. The number of nitrogens with one attached hydrogen (secondary N) is 1. The fourth-order valence-corrected chi connectivity index (χ4v) is 2.51. The first-order valence-electron chi connectivity index (χ1n) is 7.04. The van der Waals surface area contributed by atoms with E-state index in [0.717, 1.165) is 17.4 Å². The quantitative estimate of drug-likeness (QED) is 0.807. The van der Waals surface area contributed by atoms with Gasteiger partial charge in [-0.25, -0.2) is 0 Å². The molecule has 1 atom stereocenters. The molecule has 0 saturated carbocycles. The first-order chi connectivity index (χ1) is 8.90. The van der Waals surface area contributed by atoms with Crippen molar-refractivity contribution in [2.45, 2.75) is 45.2 Å². The lowest BCUT2D eigenvalue weighted by Crippen LogP contribution is -2.41. The van der Waals surface area contributed by atoms with E-state index < -0.39 is 0 Å². The topological polar surface area (TPSA) is 15.3 Å². The molecule has 19 heavy (non-hydrogen) atoms. The van der Waals surface area contributed by atoms with Crippen LogP contribution < -0.4 is 5.32 Å². The summed E-state index contributed by atoms with van der Waals surface area (Å²) in [4.78, 5) is 2.45. The van der Waals surface area contributed by atoms with E-state index in [2.05, 4.69) is 78.2 Å². The van der Waals surface area contributed by atoms with Crippen LogP contribution >= 0.6 is 15.9 Å². The monoisotopic (exact) mass is 326 g/mol. The van der Waals surface area contributed by atoms with Gasteiger partial charge in [-0.1, -0.05) is 35.0 Å². The number of halogens is 1. The summed E-state index contributed by atoms with van der Waals surface area (Å²) in [5, 5.41) is 3.42. The Bertz CT molecular complexity index is 390. The summed E-state index contributed by atoms with van der Waals surface area (Å²) in [6.07, 6.45) is 2.29. The van der Waals surface area contributed by atoms with Crippen molar-refractivity contribution in [1.29, 1.82) is 0 Å². The highest BCUT2D eigenvalue weighted by molar-refractivity contribution is 9.10. The van der Waals surface area contributed by atoms with E-state index in [1.165, 1.54) is 12.0 Å². The normalized spacial score (nSPS) is 13.8. The van der Waals surface area contributed by atoms with Crippen LogP contribution in [-0.2, 0) is 0 Å². The van der Waals surface area contributed by atoms with Crippen LogP contribution in [0.4, 0.5) is 0 Å². The number of hydrogen-bond acceptors (Lipinski definition) is 2. The lowest BCUT2D eigenvalue weighted by molar-refractivity contribution is 0.144. The molecule has 0 spiro atoms. The second-order valence-corrected chi connectivity index (χ2v) is 6.69. The molecule has 3 heteroatoms. The maximum absolute atomic E-state index is 3.54. The molecule has 1 aromatic carbocycles. The minimum Gasteiger partial charge on any atom is -0.313 e. The van der Waals surface area contributed by atoms with E-state index in [-0.39, 0.29) is 5.54 Å². The molecule has 1 rings (SSSR count). The first-order valence-corrected chi connectivity index (χ1v) is 7.84. The molecule has 0 aliphatic carbocycles. The number of nitrogens with zero attached hydrogens (tertiary/aromatic N) is 1. The Morgan fingerprint density at radius 1 is 1.37 bits per heavy atom. The third-order valence-corrected chi connectivity index (χ3v) is 4.74. The van der Waals surface area contributed by atoms with Crippen molar-refractivity contribution < 1.29 is 0 Å². The molecule has 0 saturated heterocycles. The summed E-state index contributed by atoms with van der Waals surface area (Å²) >= 11 is 3.54. The molecule has 0 heterocycles. The molecule has 108 valence electrons. The molecule has 0 aromatic heterocycles. The molecule has 1 aromatic rings. The van der Waals surface area contributed by atoms with E-state index in [4.69, 9.17) is 0 Å². The SMILES string of the molecule is CCC(C)(C)N(C)CCC(NC)c1cccc(Br)c1. The lowest BCUT2D eigenvalue weighted by Gasteiger charge is -2.35. The van der Waals surface area contributed by atoms with E-state index in [1.54, 1.807) is 0 Å². The molecule has 0 radical (unpaired) electrons. The molecular formula is C16H27BrN2. The van der Waals surface area contributed by atoms with Crippen LogP contribution in [0.15, 0.2) is 28.7 Å². The average Bonchev–Trinajstić information content (AvgIpc) is 2.39. The van der Waals surface area contributed by atoms with E-state index in [0.29, 0.717) is 6.04 Å². The van der Waals surface area contributed by atoms with E-state index in [9.17, 15) is 0 Å². The number of hydrogen-bond donors (Lipinski definition) is 1. The Hall–Kier alpha value is -0.380. The van der Waals surface area contributed by atoms with Crippen LogP contribution in [0.2, 0.25) is 0 Å². The smallest absolute Gasteiger partial charge is 0.0330 e. The fraction of sp³-hybridized carbons (Fsp3) is 0.625.